The van der Waals surface area contributed by atoms with E-state index in [1.807, 2.05) is 6.92 Å². The largest absolute Gasteiger partial charge is 0.476 e. The average Bonchev–Trinajstić information content (AvgIpc) is 3.14. The van der Waals surface area contributed by atoms with Crippen LogP contribution in [-0.4, -0.2) is 88.1 Å². The Morgan fingerprint density at radius 2 is 1.83 bits per heavy atom. The van der Waals surface area contributed by atoms with Gasteiger partial charge < -0.3 is 15.3 Å². The maximum Gasteiger partial charge on any atom is 0.358 e. The van der Waals surface area contributed by atoms with Crippen LogP contribution in [0.2, 0.25) is 0 Å². The highest BCUT2D eigenvalue weighted by molar-refractivity contribution is 5.94. The lowest BCUT2D eigenvalue weighted by Gasteiger charge is -2.32. The SMILES string of the molecule is CCCc1c(C(=O)O)nnn1-c1ccc(C(=O)NCCN2CCN(C)CC2)cc1. The Balaban J connectivity index is 1.60. The van der Waals surface area contributed by atoms with Crippen LogP contribution in [0.1, 0.15) is 39.9 Å². The normalized spacial score (nSPS) is 15.4. The molecule has 0 spiro atoms. The fourth-order valence-corrected chi connectivity index (χ4v) is 3.39. The van der Waals surface area contributed by atoms with Crippen LogP contribution in [0.25, 0.3) is 5.69 Å². The van der Waals surface area contributed by atoms with Gasteiger partial charge in [-0.1, -0.05) is 18.6 Å². The lowest BCUT2D eigenvalue weighted by Crippen LogP contribution is -2.46. The van der Waals surface area contributed by atoms with Gasteiger partial charge in [-0.3, -0.25) is 9.69 Å². The van der Waals surface area contributed by atoms with E-state index in [1.165, 1.54) is 4.68 Å². The number of aromatic nitrogens is 3. The first kappa shape index (κ1) is 20.9. The monoisotopic (exact) mass is 400 g/mol. The van der Waals surface area contributed by atoms with Gasteiger partial charge in [-0.05, 0) is 37.7 Å². The third-order valence-electron chi connectivity index (χ3n) is 5.14. The first-order valence-corrected chi connectivity index (χ1v) is 9.97. The molecular weight excluding hydrogens is 372 g/mol. The second-order valence-electron chi connectivity index (χ2n) is 7.30. The van der Waals surface area contributed by atoms with Crippen molar-refractivity contribution in [1.29, 1.82) is 0 Å². The van der Waals surface area contributed by atoms with E-state index in [4.69, 9.17) is 0 Å². The number of nitrogens with zero attached hydrogens (tertiary/aromatic N) is 5. The van der Waals surface area contributed by atoms with E-state index in [1.54, 1.807) is 24.3 Å². The molecule has 0 aliphatic carbocycles. The summed E-state index contributed by atoms with van der Waals surface area (Å²) in [4.78, 5) is 28.4. The summed E-state index contributed by atoms with van der Waals surface area (Å²) in [5.74, 6) is -1.21. The highest BCUT2D eigenvalue weighted by Crippen LogP contribution is 2.16. The van der Waals surface area contributed by atoms with Gasteiger partial charge in [0.05, 0.1) is 11.4 Å². The molecule has 1 fully saturated rings. The van der Waals surface area contributed by atoms with Gasteiger partial charge in [-0.2, -0.15) is 0 Å². The average molecular weight is 400 g/mol. The second-order valence-corrected chi connectivity index (χ2v) is 7.30. The van der Waals surface area contributed by atoms with Crippen LogP contribution in [0.3, 0.4) is 0 Å². The van der Waals surface area contributed by atoms with Crippen LogP contribution in [0.15, 0.2) is 24.3 Å². The number of aromatic carboxylic acids is 1. The van der Waals surface area contributed by atoms with E-state index >= 15 is 0 Å². The minimum atomic E-state index is -1.09. The first-order chi connectivity index (χ1) is 14.0. The summed E-state index contributed by atoms with van der Waals surface area (Å²) in [6.07, 6.45) is 1.34. The smallest absolute Gasteiger partial charge is 0.358 e. The summed E-state index contributed by atoms with van der Waals surface area (Å²) < 4.78 is 1.53. The molecule has 1 aromatic carbocycles. The number of likely N-dealkylation sites (N-methyl/N-ethyl adjacent to an activating group) is 1. The molecule has 9 heteroatoms. The maximum atomic E-state index is 12.4. The van der Waals surface area contributed by atoms with Crippen molar-refractivity contribution in [2.24, 2.45) is 0 Å². The van der Waals surface area contributed by atoms with Crippen molar-refractivity contribution in [2.75, 3.05) is 46.3 Å². The Morgan fingerprint density at radius 3 is 2.45 bits per heavy atom. The summed E-state index contributed by atoms with van der Waals surface area (Å²) in [6.45, 7) is 7.58. The van der Waals surface area contributed by atoms with Gasteiger partial charge >= 0.3 is 5.97 Å². The Bertz CT molecular complexity index is 840. The molecule has 1 aliphatic rings. The van der Waals surface area contributed by atoms with Crippen LogP contribution >= 0.6 is 0 Å². The van der Waals surface area contributed by atoms with Gasteiger partial charge in [0.1, 0.15) is 0 Å². The van der Waals surface area contributed by atoms with Gasteiger partial charge in [0.25, 0.3) is 5.91 Å². The summed E-state index contributed by atoms with van der Waals surface area (Å²) in [7, 11) is 2.12. The fraction of sp³-hybridized carbons (Fsp3) is 0.500. The van der Waals surface area contributed by atoms with Crippen molar-refractivity contribution in [2.45, 2.75) is 19.8 Å². The molecule has 156 valence electrons. The number of hydrogen-bond acceptors (Lipinski definition) is 6. The number of nitrogens with one attached hydrogen (secondary N) is 1. The number of piperazine rings is 1. The van der Waals surface area contributed by atoms with E-state index in [0.29, 0.717) is 29.9 Å². The summed E-state index contributed by atoms with van der Waals surface area (Å²) in [6, 6.07) is 6.96. The van der Waals surface area contributed by atoms with Crippen molar-refractivity contribution in [3.05, 3.63) is 41.2 Å². The van der Waals surface area contributed by atoms with E-state index in [9.17, 15) is 14.7 Å². The number of benzene rings is 1. The van der Waals surface area contributed by atoms with Crippen LogP contribution in [0.4, 0.5) is 0 Å². The molecule has 9 nitrogen and oxygen atoms in total. The van der Waals surface area contributed by atoms with Gasteiger partial charge in [0, 0.05) is 44.8 Å². The number of carbonyl (C=O) groups is 2. The Hall–Kier alpha value is -2.78. The van der Waals surface area contributed by atoms with Crippen LogP contribution in [0, 0.1) is 0 Å². The van der Waals surface area contributed by atoms with E-state index in [0.717, 1.165) is 39.1 Å². The summed E-state index contributed by atoms with van der Waals surface area (Å²) in [5, 5.41) is 20.0. The molecular formula is C20H28N6O3. The molecule has 2 heterocycles. The number of carbonyl (C=O) groups excluding carboxylic acids is 1. The maximum absolute atomic E-state index is 12.4. The number of carboxylic acid groups (broad SMARTS) is 1. The molecule has 1 amide bonds. The molecule has 2 N–H and O–H groups in total. The molecule has 0 bridgehead atoms. The van der Waals surface area contributed by atoms with Crippen molar-refractivity contribution in [3.8, 4) is 5.69 Å². The van der Waals surface area contributed by atoms with Crippen LogP contribution in [-0.2, 0) is 6.42 Å². The highest BCUT2D eigenvalue weighted by atomic mass is 16.4. The van der Waals surface area contributed by atoms with Crippen molar-refractivity contribution >= 4 is 11.9 Å². The summed E-state index contributed by atoms with van der Waals surface area (Å²) in [5.41, 5.74) is 1.77. The number of rotatable bonds is 8. The quantitative estimate of drug-likeness (QED) is 0.678. The second kappa shape index (κ2) is 9.62. The molecule has 1 aromatic heterocycles. The predicted molar refractivity (Wildman–Crippen MR) is 109 cm³/mol. The molecule has 29 heavy (non-hydrogen) atoms. The molecule has 1 saturated heterocycles. The molecule has 3 rings (SSSR count). The standard InChI is InChI=1S/C20H28N6O3/c1-3-4-17-18(20(28)29)22-23-26(17)16-7-5-15(6-8-16)19(27)21-9-10-25-13-11-24(2)12-14-25/h5-8H,3-4,9-14H2,1-2H3,(H,21,27)(H,28,29). The van der Waals surface area contributed by atoms with Crippen molar-refractivity contribution < 1.29 is 14.7 Å². The first-order valence-electron chi connectivity index (χ1n) is 9.97. The minimum absolute atomic E-state index is 0.0300. The topological polar surface area (TPSA) is 104 Å². The lowest BCUT2D eigenvalue weighted by molar-refractivity contribution is 0.0688. The van der Waals surface area contributed by atoms with Gasteiger partial charge in [-0.25, -0.2) is 9.48 Å². The fourth-order valence-electron chi connectivity index (χ4n) is 3.39. The van der Waals surface area contributed by atoms with Gasteiger partial charge in [0.15, 0.2) is 5.69 Å². The zero-order chi connectivity index (χ0) is 20.8. The zero-order valence-corrected chi connectivity index (χ0v) is 17.0. The van der Waals surface area contributed by atoms with E-state index in [-0.39, 0.29) is 11.6 Å². The molecule has 0 unspecified atom stereocenters. The van der Waals surface area contributed by atoms with Gasteiger partial charge in [0.2, 0.25) is 0 Å². The molecule has 1 aliphatic heterocycles. The third-order valence-corrected chi connectivity index (χ3v) is 5.14. The van der Waals surface area contributed by atoms with E-state index in [2.05, 4.69) is 32.5 Å². The molecule has 0 saturated carbocycles. The van der Waals surface area contributed by atoms with Crippen LogP contribution in [0.5, 0.6) is 0 Å². The third kappa shape index (κ3) is 5.18. The molecule has 0 radical (unpaired) electrons. The summed E-state index contributed by atoms with van der Waals surface area (Å²) >= 11 is 0. The van der Waals surface area contributed by atoms with Gasteiger partial charge in [-0.15, -0.1) is 5.10 Å². The lowest BCUT2D eigenvalue weighted by atomic mass is 10.1. The Labute approximate surface area is 170 Å². The van der Waals surface area contributed by atoms with Crippen molar-refractivity contribution in [3.63, 3.8) is 0 Å². The predicted octanol–water partition coefficient (Wildman–Crippen LogP) is 0.895. The van der Waals surface area contributed by atoms with Crippen LogP contribution < -0.4 is 5.32 Å². The Morgan fingerprint density at radius 1 is 1.14 bits per heavy atom. The van der Waals surface area contributed by atoms with Crippen molar-refractivity contribution in [1.82, 2.24) is 30.1 Å². The molecule has 2 aromatic rings. The minimum Gasteiger partial charge on any atom is -0.476 e. The molecule has 0 atom stereocenters. The zero-order valence-electron chi connectivity index (χ0n) is 17.0. The Kier molecular flexibility index (Phi) is 6.95. The number of amides is 1. The number of carboxylic acids is 1. The number of hydrogen-bond donors (Lipinski definition) is 2. The highest BCUT2D eigenvalue weighted by Gasteiger charge is 2.19. The van der Waals surface area contributed by atoms with E-state index < -0.39 is 5.97 Å².